The second kappa shape index (κ2) is 8.74. The number of alkyl halides is 5. The number of amides is 1. The molecule has 1 aromatic rings. The third kappa shape index (κ3) is 7.94. The summed E-state index contributed by atoms with van der Waals surface area (Å²) in [5.41, 5.74) is 4.56. The highest BCUT2D eigenvalue weighted by Gasteiger charge is 2.30. The van der Waals surface area contributed by atoms with Gasteiger partial charge in [0.2, 0.25) is 10.0 Å². The van der Waals surface area contributed by atoms with Gasteiger partial charge in [0.1, 0.15) is 6.54 Å². The average Bonchev–Trinajstić information content (AvgIpc) is 2.50. The van der Waals surface area contributed by atoms with Crippen LogP contribution in [0.15, 0.2) is 29.2 Å². The Morgan fingerprint density at radius 2 is 1.56 bits per heavy atom. The first-order valence-electron chi connectivity index (χ1n) is 6.39. The number of carbonyl (C=O) groups excluding carboxylic acids is 1. The molecule has 1 aromatic carbocycles. The molecule has 0 unspecified atom stereocenters. The molecule has 0 aliphatic heterocycles. The van der Waals surface area contributed by atoms with Crippen LogP contribution in [0.1, 0.15) is 10.4 Å². The van der Waals surface area contributed by atoms with Crippen molar-refractivity contribution in [3.63, 3.8) is 0 Å². The Bertz CT molecular complexity index is 680. The normalized spacial score (nSPS) is 12.4. The van der Waals surface area contributed by atoms with Crippen LogP contribution in [0.4, 0.5) is 22.0 Å². The molecule has 6 nitrogen and oxygen atoms in total. The molecule has 0 aliphatic carbocycles. The van der Waals surface area contributed by atoms with Gasteiger partial charge in [-0.3, -0.25) is 4.79 Å². The number of benzene rings is 1. The van der Waals surface area contributed by atoms with Crippen LogP contribution in [-0.4, -0.2) is 46.1 Å². The van der Waals surface area contributed by atoms with Gasteiger partial charge in [0, 0.05) is 5.56 Å². The van der Waals surface area contributed by atoms with Crippen molar-refractivity contribution in [3.05, 3.63) is 29.8 Å². The molecule has 0 fully saturated rings. The molecule has 13 heteroatoms. The third-order valence-electron chi connectivity index (χ3n) is 2.70. The summed E-state index contributed by atoms with van der Waals surface area (Å²) in [7, 11) is -4.28. The summed E-state index contributed by atoms with van der Waals surface area (Å²) in [4.78, 5) is 11.0. The summed E-state index contributed by atoms with van der Waals surface area (Å²) in [6.07, 6.45) is -4.59. The maximum absolute atomic E-state index is 13.0. The number of nitrogens with one attached hydrogen (secondary N) is 2. The van der Waals surface area contributed by atoms with E-state index in [0.717, 1.165) is 24.3 Å². The largest absolute Gasteiger partial charge is 0.405 e. The van der Waals surface area contributed by atoms with Crippen molar-refractivity contribution in [2.75, 3.05) is 19.6 Å². The van der Waals surface area contributed by atoms with Crippen molar-refractivity contribution in [2.45, 2.75) is 17.0 Å². The first-order valence-corrected chi connectivity index (χ1v) is 7.87. The van der Waals surface area contributed by atoms with Crippen LogP contribution in [-0.2, 0) is 10.0 Å². The molecule has 0 atom stereocenters. The van der Waals surface area contributed by atoms with Gasteiger partial charge < -0.3 is 11.1 Å². The highest BCUT2D eigenvalue weighted by molar-refractivity contribution is 7.89. The summed E-state index contributed by atoms with van der Waals surface area (Å²) in [6.45, 7) is -3.80. The van der Waals surface area contributed by atoms with Crippen LogP contribution in [0.3, 0.4) is 0 Å². The molecule has 0 aromatic heterocycles. The highest BCUT2D eigenvalue weighted by atomic mass is 35.5. The lowest BCUT2D eigenvalue weighted by molar-refractivity contribution is -0.123. The Balaban J connectivity index is 0.00000576. The lowest BCUT2D eigenvalue weighted by Gasteiger charge is -2.15. The van der Waals surface area contributed by atoms with Crippen LogP contribution in [0.5, 0.6) is 0 Å². The molecule has 0 saturated heterocycles. The minimum atomic E-state index is -4.59. The Kier molecular flexibility index (Phi) is 8.21. The van der Waals surface area contributed by atoms with E-state index in [1.165, 1.54) is 0 Å². The predicted octanol–water partition coefficient (Wildman–Crippen LogP) is 1.27. The Hall–Kier alpha value is -1.50. The Morgan fingerprint density at radius 3 is 2.00 bits per heavy atom. The molecular formula is C12H15ClF5N3O3S. The number of hydrogen-bond donors (Lipinski definition) is 3. The lowest BCUT2D eigenvalue weighted by Crippen LogP contribution is -2.41. The molecule has 1 rings (SSSR count). The zero-order valence-corrected chi connectivity index (χ0v) is 14.1. The van der Waals surface area contributed by atoms with E-state index in [2.05, 4.69) is 0 Å². The first-order chi connectivity index (χ1) is 10.9. The number of sulfonamides is 1. The van der Waals surface area contributed by atoms with E-state index in [4.69, 9.17) is 5.73 Å². The molecule has 1 amide bonds. The summed E-state index contributed by atoms with van der Waals surface area (Å²) >= 11 is 0. The summed E-state index contributed by atoms with van der Waals surface area (Å²) in [6, 6.07) is 3.74. The summed E-state index contributed by atoms with van der Waals surface area (Å²) < 4.78 is 87.1. The quantitative estimate of drug-likeness (QED) is 0.588. The topological polar surface area (TPSA) is 101 Å². The van der Waals surface area contributed by atoms with Gasteiger partial charge in [-0.2, -0.15) is 13.2 Å². The van der Waals surface area contributed by atoms with Gasteiger partial charge in [-0.15, -0.1) is 12.4 Å². The van der Waals surface area contributed by atoms with Gasteiger partial charge in [0.05, 0.1) is 18.0 Å². The van der Waals surface area contributed by atoms with E-state index in [1.54, 1.807) is 10.0 Å². The molecule has 0 aliphatic rings. The molecule has 0 radical (unpaired) electrons. The fraction of sp³-hybridized carbons (Fsp3) is 0.417. The lowest BCUT2D eigenvalue weighted by atomic mass is 10.2. The van der Waals surface area contributed by atoms with E-state index in [0.29, 0.717) is 0 Å². The fourth-order valence-corrected chi connectivity index (χ4v) is 2.49. The fourth-order valence-electron chi connectivity index (χ4n) is 1.42. The molecule has 0 saturated carbocycles. The minimum Gasteiger partial charge on any atom is -0.343 e. The molecular weight excluding hydrogens is 397 g/mol. The van der Waals surface area contributed by atoms with Crippen molar-refractivity contribution >= 4 is 28.3 Å². The van der Waals surface area contributed by atoms with Crippen molar-refractivity contribution in [2.24, 2.45) is 5.73 Å². The van der Waals surface area contributed by atoms with Gasteiger partial charge in [0.25, 0.3) is 11.8 Å². The summed E-state index contributed by atoms with van der Waals surface area (Å²) in [5.74, 6) is -4.48. The number of rotatable bonds is 7. The molecule has 0 spiro atoms. The standard InChI is InChI=1S/C12H14F5N3O3S.ClH/c13-11(14,5-18)6-20-24(22,23)9-3-1-8(2-4-9)10(21)19-7-12(15,16)17;/h1-4,20H,5-7,18H2,(H,19,21);1H. The van der Waals surface area contributed by atoms with Crippen molar-refractivity contribution in [3.8, 4) is 0 Å². The van der Waals surface area contributed by atoms with Gasteiger partial charge in [0.15, 0.2) is 0 Å². The van der Waals surface area contributed by atoms with E-state index in [1.807, 2.05) is 0 Å². The average molecular weight is 412 g/mol. The Morgan fingerprint density at radius 1 is 1.04 bits per heavy atom. The van der Waals surface area contributed by atoms with E-state index >= 15 is 0 Å². The van der Waals surface area contributed by atoms with Gasteiger partial charge in [-0.1, -0.05) is 0 Å². The van der Waals surface area contributed by atoms with E-state index < -0.39 is 52.6 Å². The van der Waals surface area contributed by atoms with Crippen LogP contribution < -0.4 is 15.8 Å². The number of nitrogens with two attached hydrogens (primary N) is 1. The van der Waals surface area contributed by atoms with Crippen LogP contribution in [0, 0.1) is 0 Å². The number of carbonyl (C=O) groups is 1. The third-order valence-corrected chi connectivity index (χ3v) is 4.11. The molecule has 144 valence electrons. The minimum absolute atomic E-state index is 0. The van der Waals surface area contributed by atoms with E-state index in [9.17, 15) is 35.2 Å². The van der Waals surface area contributed by atoms with E-state index in [-0.39, 0.29) is 18.0 Å². The monoisotopic (exact) mass is 411 g/mol. The SMILES string of the molecule is Cl.NCC(F)(F)CNS(=O)(=O)c1ccc(C(=O)NCC(F)(F)F)cc1. The zero-order chi connectivity index (χ0) is 18.6. The number of hydrogen-bond acceptors (Lipinski definition) is 4. The van der Waals surface area contributed by atoms with Gasteiger partial charge in [-0.05, 0) is 24.3 Å². The van der Waals surface area contributed by atoms with Gasteiger partial charge in [-0.25, -0.2) is 21.9 Å². The van der Waals surface area contributed by atoms with Crippen LogP contribution >= 0.6 is 12.4 Å². The molecule has 25 heavy (non-hydrogen) atoms. The van der Waals surface area contributed by atoms with Crippen LogP contribution in [0.25, 0.3) is 0 Å². The molecule has 0 heterocycles. The smallest absolute Gasteiger partial charge is 0.343 e. The zero-order valence-electron chi connectivity index (χ0n) is 12.4. The molecule has 4 N–H and O–H groups in total. The first kappa shape index (κ1) is 23.5. The molecule has 0 bridgehead atoms. The maximum atomic E-state index is 13.0. The number of halogens is 6. The second-order valence-corrected chi connectivity index (χ2v) is 6.47. The predicted molar refractivity (Wildman–Crippen MR) is 81.3 cm³/mol. The summed E-state index contributed by atoms with van der Waals surface area (Å²) in [5, 5.41) is 1.61. The highest BCUT2D eigenvalue weighted by Crippen LogP contribution is 2.15. The van der Waals surface area contributed by atoms with Crippen molar-refractivity contribution in [1.82, 2.24) is 10.0 Å². The maximum Gasteiger partial charge on any atom is 0.405 e. The Labute approximate surface area is 146 Å². The van der Waals surface area contributed by atoms with Crippen LogP contribution in [0.2, 0.25) is 0 Å². The van der Waals surface area contributed by atoms with Crippen molar-refractivity contribution < 1.29 is 35.2 Å². The van der Waals surface area contributed by atoms with Gasteiger partial charge >= 0.3 is 6.18 Å². The van der Waals surface area contributed by atoms with Crippen molar-refractivity contribution in [1.29, 1.82) is 0 Å². The second-order valence-electron chi connectivity index (χ2n) is 4.71.